The number of phenolic OH excluding ortho intramolecular Hbond substituents is 3. The fourth-order valence-corrected chi connectivity index (χ4v) is 1.89. The molecule has 0 amide bonds. The lowest BCUT2D eigenvalue weighted by atomic mass is 9.85. The number of benzene rings is 1. The molecule has 2 rings (SSSR count). The average molecular weight is 264 g/mol. The molecule has 0 heterocycles. The molecule has 7 heteroatoms. The van der Waals surface area contributed by atoms with Crippen molar-refractivity contribution in [2.75, 3.05) is 0 Å². The maximum Gasteiger partial charge on any atom is 0.241 e. The maximum atomic E-state index is 11.8. The van der Waals surface area contributed by atoms with E-state index in [4.69, 9.17) is 0 Å². The second-order valence-electron chi connectivity index (χ2n) is 3.95. The number of hydrogen-bond acceptors (Lipinski definition) is 7. The fourth-order valence-electron chi connectivity index (χ4n) is 1.89. The molecule has 1 aliphatic carbocycles. The van der Waals surface area contributed by atoms with Crippen molar-refractivity contribution in [3.63, 3.8) is 0 Å². The predicted molar refractivity (Wildman–Crippen MR) is 61.0 cm³/mol. The van der Waals surface area contributed by atoms with Gasteiger partial charge in [0.15, 0.2) is 17.3 Å². The minimum absolute atomic E-state index is 0.551. The van der Waals surface area contributed by atoms with Gasteiger partial charge in [0, 0.05) is 6.07 Å². The minimum atomic E-state index is -1.31. The summed E-state index contributed by atoms with van der Waals surface area (Å²) in [5.74, 6) is -6.85. The molecule has 0 unspecified atom stereocenters. The number of aliphatic hydroxyl groups is 1. The third-order valence-electron chi connectivity index (χ3n) is 2.75. The molecule has 4 N–H and O–H groups in total. The molecule has 0 aliphatic heterocycles. The summed E-state index contributed by atoms with van der Waals surface area (Å²) in [6, 6.07) is 0.686. The molecular formula is C12H8O7. The number of Topliss-reactive ketones (excluding diaryl/α,β-unsaturated/α-hetero) is 3. The van der Waals surface area contributed by atoms with Gasteiger partial charge in [-0.2, -0.15) is 0 Å². The first kappa shape index (κ1) is 12.6. The van der Waals surface area contributed by atoms with Crippen molar-refractivity contribution in [1.82, 2.24) is 0 Å². The normalized spacial score (nSPS) is 14.6. The van der Waals surface area contributed by atoms with Gasteiger partial charge in [-0.25, -0.2) is 0 Å². The molecule has 0 saturated heterocycles. The summed E-state index contributed by atoms with van der Waals surface area (Å²) >= 11 is 0. The highest BCUT2D eigenvalue weighted by Gasteiger charge is 2.39. The molecule has 1 aromatic rings. The van der Waals surface area contributed by atoms with E-state index in [1.807, 2.05) is 0 Å². The molecule has 0 fully saturated rings. The summed E-state index contributed by atoms with van der Waals surface area (Å²) in [6.45, 7) is 0.971. The molecule has 1 aromatic carbocycles. The zero-order valence-electron chi connectivity index (χ0n) is 9.59. The molecule has 19 heavy (non-hydrogen) atoms. The number of rotatable bonds is 1. The number of phenols is 3. The van der Waals surface area contributed by atoms with Crippen molar-refractivity contribution < 1.29 is 34.8 Å². The molecule has 0 spiro atoms. The third-order valence-corrected chi connectivity index (χ3v) is 2.75. The van der Waals surface area contributed by atoms with Crippen LogP contribution in [-0.2, 0) is 9.59 Å². The van der Waals surface area contributed by atoms with Crippen LogP contribution in [0.4, 0.5) is 0 Å². The topological polar surface area (TPSA) is 132 Å². The number of allylic oxidation sites excluding steroid dienone is 1. The van der Waals surface area contributed by atoms with Crippen molar-refractivity contribution in [2.24, 2.45) is 0 Å². The Morgan fingerprint density at radius 3 is 2.05 bits per heavy atom. The summed E-state index contributed by atoms with van der Waals surface area (Å²) < 4.78 is 0. The van der Waals surface area contributed by atoms with Crippen molar-refractivity contribution in [3.05, 3.63) is 22.8 Å². The zero-order valence-corrected chi connectivity index (χ0v) is 9.59. The van der Waals surface area contributed by atoms with Crippen molar-refractivity contribution in [1.29, 1.82) is 0 Å². The maximum absolute atomic E-state index is 11.8. The number of hydrogen-bond donors (Lipinski definition) is 4. The largest absolute Gasteiger partial charge is 0.507 e. The molecule has 0 atom stereocenters. The van der Waals surface area contributed by atoms with Gasteiger partial charge in [-0.3, -0.25) is 14.4 Å². The Bertz CT molecular complexity index is 682. The number of carbonyl (C=O) groups is 3. The summed E-state index contributed by atoms with van der Waals surface area (Å²) in [5.41, 5.74) is -2.05. The van der Waals surface area contributed by atoms with E-state index in [2.05, 4.69) is 0 Å². The summed E-state index contributed by atoms with van der Waals surface area (Å²) in [5, 5.41) is 38.2. The number of fused-ring (bicyclic) bond motifs is 1. The quantitative estimate of drug-likeness (QED) is 0.250. The molecule has 1 aliphatic rings. The number of aliphatic hydroxyl groups excluding tert-OH is 1. The number of aromatic hydroxyl groups is 3. The Morgan fingerprint density at radius 1 is 0.947 bits per heavy atom. The van der Waals surface area contributed by atoms with Crippen LogP contribution in [0.5, 0.6) is 17.2 Å². The van der Waals surface area contributed by atoms with Gasteiger partial charge in [-0.05, 0) is 6.92 Å². The van der Waals surface area contributed by atoms with Crippen LogP contribution < -0.4 is 0 Å². The van der Waals surface area contributed by atoms with E-state index in [1.165, 1.54) is 0 Å². The van der Waals surface area contributed by atoms with Gasteiger partial charge in [0.2, 0.25) is 11.6 Å². The molecule has 0 saturated carbocycles. The first-order valence-electron chi connectivity index (χ1n) is 5.08. The third kappa shape index (κ3) is 1.55. The Labute approximate surface area is 106 Å². The Morgan fingerprint density at radius 2 is 1.53 bits per heavy atom. The lowest BCUT2D eigenvalue weighted by Crippen LogP contribution is -2.27. The van der Waals surface area contributed by atoms with Crippen LogP contribution in [0.3, 0.4) is 0 Å². The van der Waals surface area contributed by atoms with Crippen LogP contribution in [0.25, 0.3) is 5.76 Å². The highest BCUT2D eigenvalue weighted by Crippen LogP contribution is 2.43. The van der Waals surface area contributed by atoms with Crippen LogP contribution in [0.1, 0.15) is 22.8 Å². The average Bonchev–Trinajstić information content (AvgIpc) is 2.30. The van der Waals surface area contributed by atoms with Crippen molar-refractivity contribution >= 4 is 23.1 Å². The van der Waals surface area contributed by atoms with E-state index in [9.17, 15) is 34.8 Å². The van der Waals surface area contributed by atoms with Crippen LogP contribution in [0.15, 0.2) is 11.6 Å². The van der Waals surface area contributed by atoms with Gasteiger partial charge in [0.25, 0.3) is 0 Å². The first-order chi connectivity index (χ1) is 8.77. The van der Waals surface area contributed by atoms with Crippen LogP contribution in [0.2, 0.25) is 0 Å². The minimum Gasteiger partial charge on any atom is -0.507 e. The van der Waals surface area contributed by atoms with Gasteiger partial charge in [0.05, 0.1) is 11.1 Å². The van der Waals surface area contributed by atoms with Crippen LogP contribution in [0, 0.1) is 0 Å². The molecule has 98 valence electrons. The highest BCUT2D eigenvalue weighted by atomic mass is 16.3. The van der Waals surface area contributed by atoms with Crippen LogP contribution in [-0.4, -0.2) is 37.8 Å². The summed E-state index contributed by atoms with van der Waals surface area (Å²) in [6.07, 6.45) is 0. The summed E-state index contributed by atoms with van der Waals surface area (Å²) in [7, 11) is 0. The molecular weight excluding hydrogens is 256 g/mol. The van der Waals surface area contributed by atoms with Gasteiger partial charge in [-0.15, -0.1) is 0 Å². The van der Waals surface area contributed by atoms with E-state index in [1.54, 1.807) is 0 Å². The zero-order chi connectivity index (χ0) is 14.5. The highest BCUT2D eigenvalue weighted by molar-refractivity contribution is 6.57. The smallest absolute Gasteiger partial charge is 0.241 e. The Kier molecular flexibility index (Phi) is 2.55. The lowest BCUT2D eigenvalue weighted by molar-refractivity contribution is -0.118. The van der Waals surface area contributed by atoms with Crippen LogP contribution >= 0.6 is 0 Å². The Balaban J connectivity index is 2.96. The number of carbonyl (C=O) groups excluding carboxylic acids is 3. The monoisotopic (exact) mass is 264 g/mol. The SMILES string of the molecule is CC(=O)C1=C(O)c2c(O)cc(O)c(O)c2C(=O)C1=O. The van der Waals surface area contributed by atoms with E-state index >= 15 is 0 Å². The van der Waals surface area contributed by atoms with Crippen molar-refractivity contribution in [2.45, 2.75) is 6.92 Å². The summed E-state index contributed by atoms with van der Waals surface area (Å²) in [4.78, 5) is 34.7. The van der Waals surface area contributed by atoms with E-state index in [0.29, 0.717) is 6.07 Å². The standard InChI is InChI=1S/C12H8O7/c1-3(13)6-10(17)7-4(14)2-5(15)9(16)8(7)12(19)11(6)18/h2,14-17H,1H3. The van der Waals surface area contributed by atoms with E-state index in [-0.39, 0.29) is 0 Å². The lowest BCUT2D eigenvalue weighted by Gasteiger charge is -2.18. The molecule has 0 aromatic heterocycles. The van der Waals surface area contributed by atoms with E-state index in [0.717, 1.165) is 6.92 Å². The Hall–Kier alpha value is -2.83. The molecule has 7 nitrogen and oxygen atoms in total. The van der Waals surface area contributed by atoms with Gasteiger partial charge in [-0.1, -0.05) is 0 Å². The fraction of sp³-hybridized carbons (Fsp3) is 0.0833. The van der Waals surface area contributed by atoms with Crippen molar-refractivity contribution in [3.8, 4) is 17.2 Å². The second-order valence-corrected chi connectivity index (χ2v) is 3.95. The predicted octanol–water partition coefficient (Wildman–Crippen LogP) is 0.427. The molecule has 0 radical (unpaired) electrons. The second kappa shape index (κ2) is 3.84. The first-order valence-corrected chi connectivity index (χ1v) is 5.08. The van der Waals surface area contributed by atoms with Gasteiger partial charge >= 0.3 is 0 Å². The van der Waals surface area contributed by atoms with E-state index < -0.39 is 57.1 Å². The van der Waals surface area contributed by atoms with Gasteiger partial charge < -0.3 is 20.4 Å². The van der Waals surface area contributed by atoms with Gasteiger partial charge in [0.1, 0.15) is 17.1 Å². The number of ketones is 3. The molecule has 0 bridgehead atoms.